The lowest BCUT2D eigenvalue weighted by Crippen LogP contribution is -2.30. The quantitative estimate of drug-likeness (QED) is 0.892. The van der Waals surface area contributed by atoms with Gasteiger partial charge in [-0.2, -0.15) is 0 Å². The topological polar surface area (TPSA) is 66.8 Å². The maximum Gasteiger partial charge on any atom is 0.410 e. The van der Waals surface area contributed by atoms with Crippen molar-refractivity contribution in [3.8, 4) is 0 Å². The lowest BCUT2D eigenvalue weighted by Gasteiger charge is -2.19. The number of thiophene rings is 1. The fourth-order valence-electron chi connectivity index (χ4n) is 1.83. The van der Waals surface area contributed by atoms with Crippen LogP contribution in [-0.4, -0.2) is 35.2 Å². The van der Waals surface area contributed by atoms with E-state index >= 15 is 0 Å². The Morgan fingerprint density at radius 3 is 3.06 bits per heavy atom. The molecule has 0 aliphatic carbocycles. The van der Waals surface area contributed by atoms with Gasteiger partial charge in [-0.15, -0.1) is 11.3 Å². The van der Waals surface area contributed by atoms with Crippen molar-refractivity contribution in [2.45, 2.75) is 18.9 Å². The number of cyclic esters (lactones) is 1. The van der Waals surface area contributed by atoms with Crippen molar-refractivity contribution < 1.29 is 19.4 Å². The Morgan fingerprint density at radius 2 is 2.47 bits per heavy atom. The molecule has 6 heteroatoms. The normalized spacial score (nSPS) is 23.8. The Morgan fingerprint density at radius 1 is 1.71 bits per heavy atom. The van der Waals surface area contributed by atoms with Gasteiger partial charge >= 0.3 is 12.1 Å². The Kier molecular flexibility index (Phi) is 3.06. The van der Waals surface area contributed by atoms with Gasteiger partial charge in [-0.1, -0.05) is 6.07 Å². The van der Waals surface area contributed by atoms with Crippen LogP contribution in [0.4, 0.5) is 4.79 Å². The molecule has 1 unspecified atom stereocenters. The molecule has 2 rings (SSSR count). The first-order valence-corrected chi connectivity index (χ1v) is 6.13. The van der Waals surface area contributed by atoms with Crippen LogP contribution in [0.15, 0.2) is 17.5 Å². The van der Waals surface area contributed by atoms with E-state index in [1.165, 1.54) is 16.2 Å². The van der Waals surface area contributed by atoms with Gasteiger partial charge in [0.15, 0.2) is 5.60 Å². The Labute approximate surface area is 103 Å². The third kappa shape index (κ3) is 2.41. The van der Waals surface area contributed by atoms with Crippen LogP contribution in [0.5, 0.6) is 0 Å². The lowest BCUT2D eigenvalue weighted by atomic mass is 10.1. The van der Waals surface area contributed by atoms with Crippen molar-refractivity contribution in [3.63, 3.8) is 0 Å². The first-order valence-electron chi connectivity index (χ1n) is 5.25. The number of rotatable bonds is 4. The zero-order valence-electron chi connectivity index (χ0n) is 9.38. The van der Waals surface area contributed by atoms with Gasteiger partial charge in [0.2, 0.25) is 0 Å². The van der Waals surface area contributed by atoms with Gasteiger partial charge in [0.25, 0.3) is 0 Å². The van der Waals surface area contributed by atoms with Crippen molar-refractivity contribution in [2.75, 3.05) is 13.1 Å². The van der Waals surface area contributed by atoms with Crippen LogP contribution in [-0.2, 0) is 15.1 Å². The van der Waals surface area contributed by atoms with Gasteiger partial charge in [-0.3, -0.25) is 4.79 Å². The highest BCUT2D eigenvalue weighted by Gasteiger charge is 2.43. The van der Waals surface area contributed by atoms with Crippen molar-refractivity contribution in [3.05, 3.63) is 22.4 Å². The van der Waals surface area contributed by atoms with Crippen LogP contribution < -0.4 is 0 Å². The molecule has 1 aliphatic heterocycles. The SMILES string of the molecule is CC1(c2cccs2)CN(CCC(=O)O)C(=O)O1. The van der Waals surface area contributed by atoms with E-state index < -0.39 is 17.7 Å². The van der Waals surface area contributed by atoms with E-state index in [1.807, 2.05) is 24.4 Å². The summed E-state index contributed by atoms with van der Waals surface area (Å²) in [5, 5.41) is 10.5. The molecule has 1 aliphatic rings. The number of hydrogen-bond donors (Lipinski definition) is 1. The number of aliphatic carboxylic acids is 1. The standard InChI is InChI=1S/C11H13NO4S/c1-11(8-3-2-6-17-8)7-12(10(15)16-11)5-4-9(13)14/h2-3,6H,4-5,7H2,1H3,(H,13,14). The number of amides is 1. The van der Waals surface area contributed by atoms with Gasteiger partial charge in [0.05, 0.1) is 13.0 Å². The summed E-state index contributed by atoms with van der Waals surface area (Å²) >= 11 is 1.53. The maximum absolute atomic E-state index is 11.6. The molecule has 0 spiro atoms. The highest BCUT2D eigenvalue weighted by Crippen LogP contribution is 2.35. The molecule has 2 heterocycles. The molecular weight excluding hydrogens is 242 g/mol. The van der Waals surface area contributed by atoms with Crippen molar-refractivity contribution in [1.29, 1.82) is 0 Å². The third-order valence-corrected chi connectivity index (χ3v) is 3.82. The second-order valence-electron chi connectivity index (χ2n) is 4.14. The smallest absolute Gasteiger partial charge is 0.410 e. The fraction of sp³-hybridized carbons (Fsp3) is 0.455. The van der Waals surface area contributed by atoms with Gasteiger partial charge in [-0.25, -0.2) is 4.79 Å². The molecule has 0 aromatic carbocycles. The number of carbonyl (C=O) groups is 2. The van der Waals surface area contributed by atoms with Gasteiger partial charge < -0.3 is 14.7 Å². The van der Waals surface area contributed by atoms with E-state index in [-0.39, 0.29) is 13.0 Å². The number of hydrogen-bond acceptors (Lipinski definition) is 4. The fourth-order valence-corrected chi connectivity index (χ4v) is 2.64. The number of carbonyl (C=O) groups excluding carboxylic acids is 1. The zero-order chi connectivity index (χ0) is 12.5. The van der Waals surface area contributed by atoms with E-state index in [0.29, 0.717) is 6.54 Å². The Balaban J connectivity index is 2.06. The van der Waals surface area contributed by atoms with Crippen LogP contribution in [0.3, 0.4) is 0 Å². The molecule has 1 N–H and O–H groups in total. The molecule has 0 radical (unpaired) electrons. The van der Waals surface area contributed by atoms with Gasteiger partial charge in [-0.05, 0) is 18.4 Å². The molecule has 0 bridgehead atoms. The summed E-state index contributed by atoms with van der Waals surface area (Å²) in [4.78, 5) is 24.5. The van der Waals surface area contributed by atoms with Gasteiger partial charge in [0, 0.05) is 11.4 Å². The monoisotopic (exact) mass is 255 g/mol. The van der Waals surface area contributed by atoms with E-state index in [1.54, 1.807) is 0 Å². The van der Waals surface area contributed by atoms with Gasteiger partial charge in [0.1, 0.15) is 0 Å². The molecule has 17 heavy (non-hydrogen) atoms. The highest BCUT2D eigenvalue weighted by molar-refractivity contribution is 7.10. The second kappa shape index (κ2) is 4.37. The summed E-state index contributed by atoms with van der Waals surface area (Å²) in [6, 6.07) is 3.82. The molecule has 92 valence electrons. The summed E-state index contributed by atoms with van der Waals surface area (Å²) in [6.07, 6.45) is -0.502. The third-order valence-electron chi connectivity index (χ3n) is 2.70. The first-order chi connectivity index (χ1) is 8.01. The first kappa shape index (κ1) is 11.9. The molecule has 1 aromatic rings. The van der Waals surface area contributed by atoms with Crippen molar-refractivity contribution in [2.24, 2.45) is 0 Å². The summed E-state index contributed by atoms with van der Waals surface area (Å²) in [5.41, 5.74) is -0.649. The summed E-state index contributed by atoms with van der Waals surface area (Å²) in [6.45, 7) is 2.44. The predicted octanol–water partition coefficient (Wildman–Crippen LogP) is 1.89. The molecular formula is C11H13NO4S. The summed E-state index contributed by atoms with van der Waals surface area (Å²) in [5.74, 6) is -0.914. The lowest BCUT2D eigenvalue weighted by molar-refractivity contribution is -0.137. The van der Waals surface area contributed by atoms with Crippen molar-refractivity contribution in [1.82, 2.24) is 4.90 Å². The van der Waals surface area contributed by atoms with E-state index in [0.717, 1.165) is 4.88 Å². The Hall–Kier alpha value is -1.56. The predicted molar refractivity (Wildman–Crippen MR) is 62.0 cm³/mol. The summed E-state index contributed by atoms with van der Waals surface area (Å²) in [7, 11) is 0. The Bertz CT molecular complexity index is 431. The number of ether oxygens (including phenoxy) is 1. The molecule has 0 saturated carbocycles. The minimum atomic E-state index is -0.914. The molecule has 1 fully saturated rings. The van der Waals surface area contributed by atoms with Crippen LogP contribution in [0.2, 0.25) is 0 Å². The van der Waals surface area contributed by atoms with E-state index in [9.17, 15) is 9.59 Å². The van der Waals surface area contributed by atoms with E-state index in [2.05, 4.69) is 0 Å². The second-order valence-corrected chi connectivity index (χ2v) is 5.09. The summed E-state index contributed by atoms with van der Waals surface area (Å²) < 4.78 is 5.34. The number of carboxylic acid groups (broad SMARTS) is 1. The molecule has 5 nitrogen and oxygen atoms in total. The average Bonchev–Trinajstić information content (AvgIpc) is 2.84. The minimum Gasteiger partial charge on any atom is -0.481 e. The molecule has 1 atom stereocenters. The van der Waals surface area contributed by atoms with E-state index in [4.69, 9.17) is 9.84 Å². The maximum atomic E-state index is 11.6. The van der Waals surface area contributed by atoms with Crippen LogP contribution in [0, 0.1) is 0 Å². The number of carboxylic acids is 1. The van der Waals surface area contributed by atoms with Crippen LogP contribution >= 0.6 is 11.3 Å². The molecule has 1 saturated heterocycles. The molecule has 1 aromatic heterocycles. The zero-order valence-corrected chi connectivity index (χ0v) is 10.2. The molecule has 1 amide bonds. The number of nitrogens with zero attached hydrogens (tertiary/aromatic N) is 1. The average molecular weight is 255 g/mol. The highest BCUT2D eigenvalue weighted by atomic mass is 32.1. The minimum absolute atomic E-state index is 0.0599. The van der Waals surface area contributed by atoms with Crippen LogP contribution in [0.1, 0.15) is 18.2 Å². The largest absolute Gasteiger partial charge is 0.481 e. The van der Waals surface area contributed by atoms with Crippen molar-refractivity contribution >= 4 is 23.4 Å². The van der Waals surface area contributed by atoms with Crippen LogP contribution in [0.25, 0.3) is 0 Å².